The van der Waals surface area contributed by atoms with Crippen molar-refractivity contribution in [3.63, 3.8) is 0 Å². The van der Waals surface area contributed by atoms with Crippen LogP contribution in [0.5, 0.6) is 0 Å². The maximum Gasteiger partial charge on any atom is 0.0887 e. The molecule has 0 fully saturated rings. The van der Waals surface area contributed by atoms with Crippen molar-refractivity contribution in [1.82, 2.24) is 0 Å². The molecule has 0 saturated heterocycles. The lowest BCUT2D eigenvalue weighted by Crippen LogP contribution is -2.08. The van der Waals surface area contributed by atoms with E-state index in [1.165, 1.54) is 0 Å². The van der Waals surface area contributed by atoms with Gasteiger partial charge in [0.1, 0.15) is 0 Å². The van der Waals surface area contributed by atoms with Gasteiger partial charge in [-0.15, -0.1) is 0 Å². The second-order valence-corrected chi connectivity index (χ2v) is 4.66. The number of nitrogens with two attached hydrogens (primary N) is 1. The van der Waals surface area contributed by atoms with Crippen molar-refractivity contribution in [3.8, 4) is 0 Å². The number of hydrogen-bond donors (Lipinski definition) is 1. The van der Waals surface area contributed by atoms with E-state index in [1.54, 1.807) is 0 Å². The van der Waals surface area contributed by atoms with Crippen molar-refractivity contribution in [2.24, 2.45) is 10.2 Å². The molecule has 19 heavy (non-hydrogen) atoms. The zero-order valence-electron chi connectivity index (χ0n) is 11.5. The van der Waals surface area contributed by atoms with E-state index in [-0.39, 0.29) is 0 Å². The van der Waals surface area contributed by atoms with E-state index in [4.69, 9.17) is 5.73 Å². The molecule has 0 amide bonds. The molecule has 0 heterocycles. The Morgan fingerprint density at radius 3 is 2.21 bits per heavy atom. The van der Waals surface area contributed by atoms with Gasteiger partial charge in [-0.1, -0.05) is 0 Å². The predicted molar refractivity (Wildman–Crippen MR) is 80.5 cm³/mol. The fraction of sp³-hybridized carbons (Fsp3) is 0.200. The van der Waals surface area contributed by atoms with Crippen LogP contribution in [-0.4, -0.2) is 14.1 Å². The van der Waals surface area contributed by atoms with Crippen LogP contribution in [0.15, 0.2) is 52.7 Å². The van der Waals surface area contributed by atoms with Gasteiger partial charge >= 0.3 is 0 Å². The molecule has 0 aromatic heterocycles. The maximum absolute atomic E-state index is 5.63. The number of benzene rings is 2. The average Bonchev–Trinajstić information content (AvgIpc) is 2.39. The monoisotopic (exact) mass is 254 g/mol. The van der Waals surface area contributed by atoms with E-state index in [0.717, 1.165) is 28.3 Å². The van der Waals surface area contributed by atoms with E-state index in [0.29, 0.717) is 0 Å². The third-order valence-electron chi connectivity index (χ3n) is 2.86. The third-order valence-corrected chi connectivity index (χ3v) is 2.86. The molecule has 0 spiro atoms. The summed E-state index contributed by atoms with van der Waals surface area (Å²) in [5.74, 6) is 0. The lowest BCUT2D eigenvalue weighted by molar-refractivity contribution is 1.12. The third kappa shape index (κ3) is 3.31. The van der Waals surface area contributed by atoms with Crippen molar-refractivity contribution in [1.29, 1.82) is 0 Å². The Kier molecular flexibility index (Phi) is 3.80. The summed E-state index contributed by atoms with van der Waals surface area (Å²) in [6, 6.07) is 13.4. The van der Waals surface area contributed by atoms with Gasteiger partial charge in [-0.3, -0.25) is 0 Å². The summed E-state index contributed by atoms with van der Waals surface area (Å²) in [7, 11) is 4.04. The molecule has 0 aliphatic carbocycles. The maximum atomic E-state index is 5.63. The van der Waals surface area contributed by atoms with E-state index >= 15 is 0 Å². The zero-order valence-corrected chi connectivity index (χ0v) is 11.5. The highest BCUT2D eigenvalue weighted by Crippen LogP contribution is 2.26. The van der Waals surface area contributed by atoms with E-state index < -0.39 is 0 Å². The molecule has 4 nitrogen and oxygen atoms in total. The van der Waals surface area contributed by atoms with Crippen LogP contribution in [0.1, 0.15) is 5.56 Å². The average molecular weight is 254 g/mol. The van der Waals surface area contributed by atoms with Crippen molar-refractivity contribution < 1.29 is 0 Å². The number of azo groups is 1. The molecule has 2 aromatic rings. The molecule has 0 radical (unpaired) electrons. The summed E-state index contributed by atoms with van der Waals surface area (Å²) in [5, 5.41) is 8.48. The Bertz CT molecular complexity index is 586. The van der Waals surface area contributed by atoms with Crippen molar-refractivity contribution in [2.75, 3.05) is 24.7 Å². The number of nitrogen functional groups attached to an aromatic ring is 1. The Balaban J connectivity index is 2.21. The quantitative estimate of drug-likeness (QED) is 0.663. The standard InChI is InChI=1S/C15H18N4/c1-11-10-14(19(2)3)8-9-15(11)18-17-13-6-4-12(16)5-7-13/h4-10H,16H2,1-3H3. The van der Waals surface area contributed by atoms with Gasteiger partial charge in [0.2, 0.25) is 0 Å². The molecule has 0 unspecified atom stereocenters. The van der Waals surface area contributed by atoms with Gasteiger partial charge in [0, 0.05) is 25.5 Å². The summed E-state index contributed by atoms with van der Waals surface area (Å²) < 4.78 is 0. The normalized spacial score (nSPS) is 10.9. The molecule has 0 aliphatic rings. The summed E-state index contributed by atoms with van der Waals surface area (Å²) >= 11 is 0. The van der Waals surface area contributed by atoms with Gasteiger partial charge in [-0.2, -0.15) is 10.2 Å². The van der Waals surface area contributed by atoms with Gasteiger partial charge in [-0.05, 0) is 55.0 Å². The molecule has 0 atom stereocenters. The van der Waals surface area contributed by atoms with Crippen LogP contribution in [0.25, 0.3) is 0 Å². The van der Waals surface area contributed by atoms with E-state index in [2.05, 4.69) is 21.2 Å². The molecule has 0 aliphatic heterocycles. The Hall–Kier alpha value is -2.36. The van der Waals surface area contributed by atoms with E-state index in [9.17, 15) is 0 Å². The Morgan fingerprint density at radius 2 is 1.63 bits per heavy atom. The first-order valence-corrected chi connectivity index (χ1v) is 6.11. The molecule has 2 aromatic carbocycles. The zero-order chi connectivity index (χ0) is 13.8. The van der Waals surface area contributed by atoms with Crippen LogP contribution < -0.4 is 10.6 Å². The first kappa shape index (κ1) is 13.1. The Labute approximate surface area is 113 Å². The Morgan fingerprint density at radius 1 is 0.947 bits per heavy atom. The van der Waals surface area contributed by atoms with Crippen LogP contribution in [-0.2, 0) is 0 Å². The highest BCUT2D eigenvalue weighted by Gasteiger charge is 2.00. The first-order chi connectivity index (χ1) is 9.06. The van der Waals surface area contributed by atoms with E-state index in [1.807, 2.05) is 57.4 Å². The van der Waals surface area contributed by atoms with Crippen LogP contribution in [0, 0.1) is 6.92 Å². The minimum absolute atomic E-state index is 0.727. The van der Waals surface area contributed by atoms with Crippen LogP contribution >= 0.6 is 0 Å². The fourth-order valence-corrected chi connectivity index (χ4v) is 1.68. The summed E-state index contributed by atoms with van der Waals surface area (Å²) in [4.78, 5) is 2.06. The molecule has 0 bridgehead atoms. The lowest BCUT2D eigenvalue weighted by atomic mass is 10.2. The molecule has 0 saturated carbocycles. The minimum atomic E-state index is 0.727. The second-order valence-electron chi connectivity index (χ2n) is 4.66. The predicted octanol–water partition coefficient (Wildman–Crippen LogP) is 4.06. The number of nitrogens with zero attached hydrogens (tertiary/aromatic N) is 3. The van der Waals surface area contributed by atoms with Gasteiger partial charge in [0.05, 0.1) is 11.4 Å². The van der Waals surface area contributed by atoms with Crippen molar-refractivity contribution in [3.05, 3.63) is 48.0 Å². The highest BCUT2D eigenvalue weighted by molar-refractivity contribution is 5.57. The molecule has 98 valence electrons. The molecular weight excluding hydrogens is 236 g/mol. The molecular formula is C15H18N4. The van der Waals surface area contributed by atoms with Gasteiger partial charge in [0.25, 0.3) is 0 Å². The largest absolute Gasteiger partial charge is 0.399 e. The number of aryl methyl sites for hydroxylation is 1. The lowest BCUT2D eigenvalue weighted by Gasteiger charge is -2.13. The van der Waals surface area contributed by atoms with Crippen LogP contribution in [0.4, 0.5) is 22.7 Å². The fourth-order valence-electron chi connectivity index (χ4n) is 1.68. The van der Waals surface area contributed by atoms with Gasteiger partial charge < -0.3 is 10.6 Å². The van der Waals surface area contributed by atoms with Crippen molar-refractivity contribution >= 4 is 22.7 Å². The number of rotatable bonds is 3. The molecule has 4 heteroatoms. The van der Waals surface area contributed by atoms with Crippen LogP contribution in [0.3, 0.4) is 0 Å². The highest BCUT2D eigenvalue weighted by atomic mass is 15.1. The summed E-state index contributed by atoms with van der Waals surface area (Å²) in [5.41, 5.74) is 10.3. The number of anilines is 2. The van der Waals surface area contributed by atoms with Gasteiger partial charge in [0.15, 0.2) is 0 Å². The topological polar surface area (TPSA) is 54.0 Å². The van der Waals surface area contributed by atoms with Crippen LogP contribution in [0.2, 0.25) is 0 Å². The second kappa shape index (κ2) is 5.52. The smallest absolute Gasteiger partial charge is 0.0887 e. The SMILES string of the molecule is Cc1cc(N(C)C)ccc1N=Nc1ccc(N)cc1. The van der Waals surface area contributed by atoms with Crippen molar-refractivity contribution in [2.45, 2.75) is 6.92 Å². The molecule has 2 N–H and O–H groups in total. The summed E-state index contributed by atoms with van der Waals surface area (Å²) in [6.07, 6.45) is 0. The first-order valence-electron chi connectivity index (χ1n) is 6.11. The molecule has 2 rings (SSSR count). The number of hydrogen-bond acceptors (Lipinski definition) is 4. The van der Waals surface area contributed by atoms with Gasteiger partial charge in [-0.25, -0.2) is 0 Å². The summed E-state index contributed by atoms with van der Waals surface area (Å²) in [6.45, 7) is 2.03. The minimum Gasteiger partial charge on any atom is -0.399 e.